The molecule has 1 N–H and O–H groups in total. The van der Waals surface area contributed by atoms with Crippen LogP contribution < -0.4 is 10.2 Å². The molecule has 0 aliphatic heterocycles. The number of carbonyl (C=O) groups excluding carboxylic acids is 2. The average molecular weight is 361 g/mol. The van der Waals surface area contributed by atoms with Crippen LogP contribution in [0, 0.1) is 6.92 Å². The second-order valence-electron chi connectivity index (χ2n) is 4.82. The van der Waals surface area contributed by atoms with Crippen LogP contribution in [-0.4, -0.2) is 18.4 Å². The van der Waals surface area contributed by atoms with E-state index in [2.05, 4.69) is 21.2 Å². The molecule has 0 atom stereocenters. The lowest BCUT2D eigenvalue weighted by atomic mass is 10.2. The van der Waals surface area contributed by atoms with Crippen LogP contribution in [-0.2, 0) is 9.59 Å². The molecule has 0 unspecified atom stereocenters. The normalized spacial score (nSPS) is 10.1. The number of nitrogens with zero attached hydrogens (tertiary/aromatic N) is 1. The SMILES string of the molecule is CCN(C(=O)C(=O)Nc1ccc(C)cc1Br)c1ccccc1. The van der Waals surface area contributed by atoms with E-state index in [1.165, 1.54) is 4.90 Å². The summed E-state index contributed by atoms with van der Waals surface area (Å²) in [6.45, 7) is 4.21. The lowest BCUT2D eigenvalue weighted by Crippen LogP contribution is -2.39. The maximum atomic E-state index is 12.4. The smallest absolute Gasteiger partial charge is 0.316 e. The van der Waals surface area contributed by atoms with Crippen molar-refractivity contribution in [3.63, 3.8) is 0 Å². The number of benzene rings is 2. The Morgan fingerprint density at radius 3 is 2.41 bits per heavy atom. The fourth-order valence-corrected chi connectivity index (χ4v) is 2.66. The van der Waals surface area contributed by atoms with Crippen LogP contribution >= 0.6 is 15.9 Å². The minimum atomic E-state index is -0.657. The number of para-hydroxylation sites is 1. The van der Waals surface area contributed by atoms with E-state index in [4.69, 9.17) is 0 Å². The maximum absolute atomic E-state index is 12.4. The van der Waals surface area contributed by atoms with Gasteiger partial charge in [-0.05, 0) is 59.6 Å². The molecule has 0 spiro atoms. The molecule has 0 aromatic heterocycles. The highest BCUT2D eigenvalue weighted by atomic mass is 79.9. The number of hydrogen-bond donors (Lipinski definition) is 1. The molecule has 0 heterocycles. The van der Waals surface area contributed by atoms with Gasteiger partial charge in [-0.15, -0.1) is 0 Å². The van der Waals surface area contributed by atoms with Gasteiger partial charge in [0.1, 0.15) is 0 Å². The predicted octanol–water partition coefficient (Wildman–Crippen LogP) is 3.75. The van der Waals surface area contributed by atoms with Crippen molar-refractivity contribution < 1.29 is 9.59 Å². The van der Waals surface area contributed by atoms with Gasteiger partial charge in [-0.1, -0.05) is 24.3 Å². The van der Waals surface area contributed by atoms with Crippen molar-refractivity contribution in [2.24, 2.45) is 0 Å². The number of amides is 2. The summed E-state index contributed by atoms with van der Waals surface area (Å²) in [5, 5.41) is 2.64. The van der Waals surface area contributed by atoms with Gasteiger partial charge < -0.3 is 10.2 Å². The molecule has 0 radical (unpaired) electrons. The predicted molar refractivity (Wildman–Crippen MR) is 92.0 cm³/mol. The van der Waals surface area contributed by atoms with Crippen molar-refractivity contribution in [3.05, 3.63) is 58.6 Å². The van der Waals surface area contributed by atoms with Gasteiger partial charge in [0.15, 0.2) is 0 Å². The number of carbonyl (C=O) groups is 2. The van der Waals surface area contributed by atoms with Gasteiger partial charge >= 0.3 is 11.8 Å². The van der Waals surface area contributed by atoms with Gasteiger partial charge in [0.2, 0.25) is 0 Å². The first kappa shape index (κ1) is 16.2. The van der Waals surface area contributed by atoms with Gasteiger partial charge in [0.05, 0.1) is 5.69 Å². The molecule has 4 nitrogen and oxygen atoms in total. The Balaban J connectivity index is 2.16. The molecule has 0 aliphatic rings. The van der Waals surface area contributed by atoms with E-state index in [1.54, 1.807) is 18.2 Å². The van der Waals surface area contributed by atoms with Crippen molar-refractivity contribution in [1.82, 2.24) is 0 Å². The van der Waals surface area contributed by atoms with Crippen LogP contribution in [0.25, 0.3) is 0 Å². The van der Waals surface area contributed by atoms with E-state index < -0.39 is 11.8 Å². The molecule has 2 amide bonds. The van der Waals surface area contributed by atoms with Crippen LogP contribution in [0.2, 0.25) is 0 Å². The van der Waals surface area contributed by atoms with Crippen LogP contribution in [0.3, 0.4) is 0 Å². The van der Waals surface area contributed by atoms with Crippen LogP contribution in [0.15, 0.2) is 53.0 Å². The number of hydrogen-bond acceptors (Lipinski definition) is 2. The van der Waals surface area contributed by atoms with Gasteiger partial charge in [0, 0.05) is 16.7 Å². The Morgan fingerprint density at radius 1 is 1.14 bits per heavy atom. The maximum Gasteiger partial charge on any atom is 0.316 e. The minimum Gasteiger partial charge on any atom is -0.317 e. The molecular formula is C17H17BrN2O2. The number of anilines is 2. The number of rotatable bonds is 3. The summed E-state index contributed by atoms with van der Waals surface area (Å²) < 4.78 is 0.747. The summed E-state index contributed by atoms with van der Waals surface area (Å²) in [5.41, 5.74) is 2.34. The quantitative estimate of drug-likeness (QED) is 0.847. The molecule has 0 fully saturated rings. The zero-order valence-corrected chi connectivity index (χ0v) is 14.1. The monoisotopic (exact) mass is 360 g/mol. The largest absolute Gasteiger partial charge is 0.317 e. The van der Waals surface area contributed by atoms with E-state index >= 15 is 0 Å². The second kappa shape index (κ2) is 7.22. The lowest BCUT2D eigenvalue weighted by Gasteiger charge is -2.20. The molecule has 2 aromatic carbocycles. The van der Waals surface area contributed by atoms with E-state index in [-0.39, 0.29) is 0 Å². The topological polar surface area (TPSA) is 49.4 Å². The fourth-order valence-electron chi connectivity index (χ4n) is 2.07. The molecule has 0 saturated heterocycles. The highest BCUT2D eigenvalue weighted by molar-refractivity contribution is 9.10. The Hall–Kier alpha value is -2.14. The van der Waals surface area contributed by atoms with E-state index in [1.807, 2.05) is 44.2 Å². The standard InChI is InChI=1S/C17H17BrN2O2/c1-3-20(13-7-5-4-6-8-13)17(22)16(21)19-15-10-9-12(2)11-14(15)18/h4-11H,3H2,1-2H3,(H,19,21). The van der Waals surface area contributed by atoms with Crippen molar-refractivity contribution in [2.45, 2.75) is 13.8 Å². The summed E-state index contributed by atoms with van der Waals surface area (Å²) in [5.74, 6) is -1.24. The van der Waals surface area contributed by atoms with Crippen molar-refractivity contribution >= 4 is 39.1 Å². The third-order valence-electron chi connectivity index (χ3n) is 3.20. The summed E-state index contributed by atoms with van der Waals surface area (Å²) in [4.78, 5) is 26.0. The van der Waals surface area contributed by atoms with Crippen molar-refractivity contribution in [1.29, 1.82) is 0 Å². The second-order valence-corrected chi connectivity index (χ2v) is 5.68. The zero-order chi connectivity index (χ0) is 16.1. The lowest BCUT2D eigenvalue weighted by molar-refractivity contribution is -0.134. The number of nitrogens with one attached hydrogen (secondary N) is 1. The molecule has 0 bridgehead atoms. The van der Waals surface area contributed by atoms with Gasteiger partial charge in [-0.25, -0.2) is 0 Å². The Bertz CT molecular complexity index is 686. The third-order valence-corrected chi connectivity index (χ3v) is 3.85. The van der Waals surface area contributed by atoms with Crippen LogP contribution in [0.1, 0.15) is 12.5 Å². The number of aryl methyl sites for hydroxylation is 1. The molecule has 114 valence electrons. The van der Waals surface area contributed by atoms with Gasteiger partial charge in [-0.3, -0.25) is 9.59 Å². The van der Waals surface area contributed by atoms with E-state index in [0.29, 0.717) is 17.9 Å². The fraction of sp³-hybridized carbons (Fsp3) is 0.176. The Kier molecular flexibility index (Phi) is 5.33. The van der Waals surface area contributed by atoms with E-state index in [0.717, 1.165) is 10.0 Å². The molecule has 22 heavy (non-hydrogen) atoms. The summed E-state index contributed by atoms with van der Waals surface area (Å²) >= 11 is 3.38. The minimum absolute atomic E-state index is 0.422. The van der Waals surface area contributed by atoms with E-state index in [9.17, 15) is 9.59 Å². The summed E-state index contributed by atoms with van der Waals surface area (Å²) in [7, 11) is 0. The molecule has 5 heteroatoms. The first-order valence-electron chi connectivity index (χ1n) is 6.97. The number of halogens is 1. The summed E-state index contributed by atoms with van der Waals surface area (Å²) in [6.07, 6.45) is 0. The third kappa shape index (κ3) is 3.74. The highest BCUT2D eigenvalue weighted by Gasteiger charge is 2.22. The van der Waals surface area contributed by atoms with Gasteiger partial charge in [-0.2, -0.15) is 0 Å². The Labute approximate surface area is 138 Å². The Morgan fingerprint density at radius 2 is 1.82 bits per heavy atom. The van der Waals surface area contributed by atoms with Crippen molar-refractivity contribution in [3.8, 4) is 0 Å². The van der Waals surface area contributed by atoms with Crippen LogP contribution in [0.5, 0.6) is 0 Å². The highest BCUT2D eigenvalue weighted by Crippen LogP contribution is 2.23. The average Bonchev–Trinajstić information content (AvgIpc) is 2.51. The molecule has 2 rings (SSSR count). The van der Waals surface area contributed by atoms with Crippen molar-refractivity contribution in [2.75, 3.05) is 16.8 Å². The number of likely N-dealkylation sites (N-methyl/N-ethyl adjacent to an activating group) is 1. The first-order valence-corrected chi connectivity index (χ1v) is 7.76. The molecule has 2 aromatic rings. The van der Waals surface area contributed by atoms with Gasteiger partial charge in [0.25, 0.3) is 0 Å². The summed E-state index contributed by atoms with van der Waals surface area (Å²) in [6, 6.07) is 14.7. The zero-order valence-electron chi connectivity index (χ0n) is 12.5. The molecule has 0 saturated carbocycles. The van der Waals surface area contributed by atoms with Crippen LogP contribution in [0.4, 0.5) is 11.4 Å². The first-order chi connectivity index (χ1) is 10.5. The molecule has 0 aliphatic carbocycles. The molecular weight excluding hydrogens is 344 g/mol.